The minimum Gasteiger partial charge on any atom is -0.392 e. The number of amides is 1. The molecule has 6 aromatic rings. The van der Waals surface area contributed by atoms with Gasteiger partial charge in [0.05, 0.1) is 36.0 Å². The number of ether oxygens (including phenoxy) is 2. The molecule has 2 N–H and O–H groups in total. The molecule has 1 fully saturated rings. The molecule has 2 heterocycles. The number of anilines is 1. The van der Waals surface area contributed by atoms with Crippen molar-refractivity contribution >= 4 is 33.4 Å². The van der Waals surface area contributed by atoms with Crippen molar-refractivity contribution in [2.45, 2.75) is 45.0 Å². The first kappa shape index (κ1) is 32.6. The van der Waals surface area contributed by atoms with Crippen LogP contribution in [0.4, 0.5) is 5.69 Å². The van der Waals surface area contributed by atoms with Gasteiger partial charge in [0.2, 0.25) is 0 Å². The number of aliphatic hydroxyl groups excluding tert-OH is 1. The number of carbonyl (C=O) groups is 1. The van der Waals surface area contributed by atoms with Crippen molar-refractivity contribution in [2.24, 2.45) is 5.92 Å². The number of rotatable bonds is 9. The van der Waals surface area contributed by atoms with Gasteiger partial charge in [-0.1, -0.05) is 91.9 Å². The summed E-state index contributed by atoms with van der Waals surface area (Å²) in [5.41, 5.74) is 6.13. The minimum atomic E-state index is -0.676. The molecule has 5 aromatic carbocycles. The Bertz CT molecular complexity index is 2080. The number of benzene rings is 5. The van der Waals surface area contributed by atoms with Crippen LogP contribution in [-0.2, 0) is 16.1 Å². The summed E-state index contributed by atoms with van der Waals surface area (Å²) in [4.78, 5) is 24.4. The second-order valence-electron chi connectivity index (χ2n) is 12.9. The van der Waals surface area contributed by atoms with Gasteiger partial charge in [-0.15, -0.1) is 0 Å². The fourth-order valence-electron chi connectivity index (χ4n) is 6.52. The lowest BCUT2D eigenvalue weighted by Gasteiger charge is -2.43. The van der Waals surface area contributed by atoms with E-state index in [2.05, 4.69) is 83.5 Å². The largest absolute Gasteiger partial charge is 0.392 e. The second-order valence-corrected chi connectivity index (χ2v) is 12.9. The highest BCUT2D eigenvalue weighted by Gasteiger charge is 2.39. The lowest BCUT2D eigenvalue weighted by atomic mass is 9.89. The first-order valence-corrected chi connectivity index (χ1v) is 16.7. The van der Waals surface area contributed by atoms with E-state index >= 15 is 0 Å². The van der Waals surface area contributed by atoms with E-state index < -0.39 is 6.29 Å². The van der Waals surface area contributed by atoms with E-state index in [9.17, 15) is 9.90 Å². The summed E-state index contributed by atoms with van der Waals surface area (Å²) in [5.74, 6) is -0.324. The fraction of sp³-hybridized carbons (Fsp3) is 0.244. The van der Waals surface area contributed by atoms with Gasteiger partial charge in [0.1, 0.15) is 5.69 Å². The number of para-hydroxylation sites is 2. The third-order valence-corrected chi connectivity index (χ3v) is 9.61. The van der Waals surface area contributed by atoms with Crippen LogP contribution in [0.3, 0.4) is 0 Å². The van der Waals surface area contributed by atoms with Gasteiger partial charge in [0, 0.05) is 29.8 Å². The van der Waals surface area contributed by atoms with Gasteiger partial charge < -0.3 is 19.9 Å². The quantitative estimate of drug-likeness (QED) is 0.163. The molecule has 8 nitrogen and oxygen atoms in total. The Hall–Kier alpha value is -4.99. The summed E-state index contributed by atoms with van der Waals surface area (Å²) in [5, 5.41) is 15.1. The number of hydrogen-bond acceptors (Lipinski definition) is 7. The molecular formula is C41H40N4O4. The zero-order chi connectivity index (χ0) is 33.9. The second kappa shape index (κ2) is 14.2. The molecule has 8 heteroatoms. The Labute approximate surface area is 286 Å². The normalized spacial score (nSPS) is 20.0. The average Bonchev–Trinajstić information content (AvgIpc) is 3.15. The number of likely N-dealkylation sites (N-methyl/N-ethyl adjacent to an activating group) is 1. The zero-order valence-electron chi connectivity index (χ0n) is 27.9. The third-order valence-electron chi connectivity index (χ3n) is 9.61. The predicted octanol–water partition coefficient (Wildman–Crippen LogP) is 8.01. The van der Waals surface area contributed by atoms with E-state index in [1.165, 1.54) is 22.5 Å². The lowest BCUT2D eigenvalue weighted by Crippen LogP contribution is -2.44. The molecule has 1 saturated heterocycles. The number of carbonyl (C=O) groups excluding carboxylic acids is 1. The molecule has 1 aliphatic heterocycles. The van der Waals surface area contributed by atoms with Crippen molar-refractivity contribution in [3.63, 3.8) is 0 Å². The van der Waals surface area contributed by atoms with E-state index in [-0.39, 0.29) is 42.4 Å². The zero-order valence-corrected chi connectivity index (χ0v) is 27.9. The van der Waals surface area contributed by atoms with Crippen molar-refractivity contribution in [3.8, 4) is 0 Å². The number of aromatic nitrogens is 2. The van der Waals surface area contributed by atoms with Crippen LogP contribution in [0, 0.1) is 5.92 Å². The molecule has 1 aliphatic rings. The van der Waals surface area contributed by atoms with Gasteiger partial charge in [-0.3, -0.25) is 14.7 Å². The van der Waals surface area contributed by atoms with Crippen LogP contribution in [0.5, 0.6) is 0 Å². The smallest absolute Gasteiger partial charge is 0.275 e. The van der Waals surface area contributed by atoms with E-state index in [0.29, 0.717) is 17.7 Å². The number of fused-ring (bicyclic) bond motifs is 2. The van der Waals surface area contributed by atoms with Crippen LogP contribution >= 0.6 is 0 Å². The van der Waals surface area contributed by atoms with Gasteiger partial charge in [0.25, 0.3) is 5.91 Å². The van der Waals surface area contributed by atoms with Gasteiger partial charge in [-0.25, -0.2) is 4.98 Å². The number of hydrogen-bond donors (Lipinski definition) is 2. The van der Waals surface area contributed by atoms with E-state index in [4.69, 9.17) is 9.47 Å². The Balaban J connectivity index is 1.13. The van der Waals surface area contributed by atoms with Gasteiger partial charge in [-0.2, -0.15) is 0 Å². The third kappa shape index (κ3) is 7.09. The molecule has 0 bridgehead atoms. The highest BCUT2D eigenvalue weighted by molar-refractivity contribution is 6.03. The minimum absolute atomic E-state index is 0.0174. The molecule has 49 heavy (non-hydrogen) atoms. The first-order chi connectivity index (χ1) is 23.9. The summed E-state index contributed by atoms with van der Waals surface area (Å²) < 4.78 is 13.5. The molecule has 1 amide bonds. The Morgan fingerprint density at radius 2 is 1.61 bits per heavy atom. The topological polar surface area (TPSA) is 96.8 Å². The summed E-state index contributed by atoms with van der Waals surface area (Å²) in [6.07, 6.45) is 0.390. The van der Waals surface area contributed by atoms with Crippen LogP contribution in [0.15, 0.2) is 121 Å². The average molecular weight is 653 g/mol. The van der Waals surface area contributed by atoms with Crippen LogP contribution in [-0.4, -0.2) is 45.6 Å². The molecular weight excluding hydrogens is 612 g/mol. The molecule has 7 rings (SSSR count). The Morgan fingerprint density at radius 3 is 2.41 bits per heavy atom. The van der Waals surface area contributed by atoms with Crippen molar-refractivity contribution in [3.05, 3.63) is 149 Å². The number of nitrogens with one attached hydrogen (secondary N) is 1. The maximum absolute atomic E-state index is 13.2. The molecule has 1 aromatic heterocycles. The van der Waals surface area contributed by atoms with Crippen molar-refractivity contribution in [1.29, 1.82) is 0 Å². The summed E-state index contributed by atoms with van der Waals surface area (Å²) in [6.45, 7) is 5.05. The Kier molecular flexibility index (Phi) is 9.46. The molecule has 5 atom stereocenters. The maximum atomic E-state index is 13.2. The van der Waals surface area contributed by atoms with Gasteiger partial charge in [-0.05, 0) is 71.8 Å². The van der Waals surface area contributed by atoms with E-state index in [0.717, 1.165) is 22.2 Å². The molecule has 0 saturated carbocycles. The van der Waals surface area contributed by atoms with Gasteiger partial charge in [0.15, 0.2) is 6.29 Å². The lowest BCUT2D eigenvalue weighted by molar-refractivity contribution is -0.276. The highest BCUT2D eigenvalue weighted by atomic mass is 16.7. The highest BCUT2D eigenvalue weighted by Crippen LogP contribution is 2.42. The SMILES string of the molecule is C[C@H]1[C@@H](CN(C)[C@H](C)c2ccc3ccccc3c2)O[C@@H](c2cccc(NC(=O)c3cnc4ccccc4n3)c2)O[C@H]1c1ccc(CO)cc1. The van der Waals surface area contributed by atoms with Crippen LogP contribution in [0.25, 0.3) is 21.8 Å². The first-order valence-electron chi connectivity index (χ1n) is 16.7. The molecule has 0 spiro atoms. The Morgan fingerprint density at radius 1 is 0.857 bits per heavy atom. The molecule has 0 unspecified atom stereocenters. The maximum Gasteiger partial charge on any atom is 0.275 e. The van der Waals surface area contributed by atoms with Crippen molar-refractivity contribution in [1.82, 2.24) is 14.9 Å². The van der Waals surface area contributed by atoms with Crippen LogP contribution in [0.1, 0.15) is 65.0 Å². The fourth-order valence-corrected chi connectivity index (χ4v) is 6.52. The molecule has 0 radical (unpaired) electrons. The summed E-state index contributed by atoms with van der Waals surface area (Å²) in [6, 6.07) is 38.2. The number of aliphatic hydroxyl groups is 1. The van der Waals surface area contributed by atoms with E-state index in [1.54, 1.807) is 0 Å². The monoisotopic (exact) mass is 652 g/mol. The van der Waals surface area contributed by atoms with Crippen molar-refractivity contribution in [2.75, 3.05) is 18.9 Å². The summed E-state index contributed by atoms with van der Waals surface area (Å²) in [7, 11) is 2.14. The standard InChI is InChI=1S/C41H40N4O4/c1-26-38(24-45(3)27(2)31-20-19-29-9-4-5-10-32(29)21-31)48-41(49-39(26)30-17-15-28(25-46)16-18-30)33-11-8-12-34(22-33)43-40(47)37-23-42-35-13-6-7-14-36(35)44-37/h4-23,26-27,38-39,41,46H,24-25H2,1-3H3,(H,43,47)/t26-,27+,38+,39+,41+/m0/s1. The van der Waals surface area contributed by atoms with Crippen LogP contribution < -0.4 is 5.32 Å². The van der Waals surface area contributed by atoms with Gasteiger partial charge >= 0.3 is 0 Å². The number of nitrogens with zero attached hydrogens (tertiary/aromatic N) is 3. The summed E-state index contributed by atoms with van der Waals surface area (Å²) >= 11 is 0. The predicted molar refractivity (Wildman–Crippen MR) is 192 cm³/mol. The van der Waals surface area contributed by atoms with Crippen LogP contribution in [0.2, 0.25) is 0 Å². The molecule has 0 aliphatic carbocycles. The molecule has 248 valence electrons. The van der Waals surface area contributed by atoms with E-state index in [1.807, 2.05) is 72.8 Å². The van der Waals surface area contributed by atoms with Crippen molar-refractivity contribution < 1.29 is 19.4 Å².